The van der Waals surface area contributed by atoms with E-state index in [4.69, 9.17) is 4.74 Å². The molecule has 1 heterocycles. The van der Waals surface area contributed by atoms with Crippen LogP contribution in [0.15, 0.2) is 41.8 Å². The van der Waals surface area contributed by atoms with Crippen LogP contribution in [0.1, 0.15) is 19.4 Å². The second-order valence-corrected chi connectivity index (χ2v) is 10.6. The number of benzene rings is 1. The number of anilines is 1. The van der Waals surface area contributed by atoms with E-state index in [0.29, 0.717) is 0 Å². The Balaban J connectivity index is 2.12. The number of sulfonamides is 1. The summed E-state index contributed by atoms with van der Waals surface area (Å²) in [4.78, 5) is 18.1. The molecular formula is C22H32F3N5O5S. The lowest BCUT2D eigenvalue weighted by atomic mass is 10.0. The topological polar surface area (TPSA) is 117 Å². The molecule has 0 saturated heterocycles. The normalized spacial score (nSPS) is 14.9. The number of aliphatic hydroxyl groups is 1. The highest BCUT2D eigenvalue weighted by Crippen LogP contribution is 2.30. The van der Waals surface area contributed by atoms with Gasteiger partial charge >= 0.3 is 12.2 Å². The maximum Gasteiger partial charge on any atom is 0.416 e. The molecule has 1 aromatic heterocycles. The van der Waals surface area contributed by atoms with Crippen LogP contribution in [-0.4, -0.2) is 84.3 Å². The van der Waals surface area contributed by atoms with E-state index in [1.807, 2.05) is 0 Å². The van der Waals surface area contributed by atoms with E-state index in [-0.39, 0.29) is 36.3 Å². The summed E-state index contributed by atoms with van der Waals surface area (Å²) in [5.41, 5.74) is -0.692. The number of likely N-dealkylation sites (N-methyl/N-ethyl adjacent to an activating group) is 1. The van der Waals surface area contributed by atoms with Gasteiger partial charge in [-0.05, 0) is 31.2 Å². The SMILES string of the molecule is CO[C@H](CN(C)S(=O)(=O)c1cn(C)cn1)[C@@H](C)CN(C(=O)Nc1ccc(C(F)(F)F)cc1)[C@H](C)CO. The number of carbonyl (C=O) groups is 1. The van der Waals surface area contributed by atoms with E-state index >= 15 is 0 Å². The Kier molecular flexibility index (Phi) is 9.88. The lowest BCUT2D eigenvalue weighted by molar-refractivity contribution is -0.137. The Labute approximate surface area is 208 Å². The van der Waals surface area contributed by atoms with Crippen LogP contribution < -0.4 is 5.32 Å². The van der Waals surface area contributed by atoms with Crippen LogP contribution in [0.25, 0.3) is 0 Å². The van der Waals surface area contributed by atoms with Gasteiger partial charge in [-0.25, -0.2) is 18.2 Å². The molecule has 36 heavy (non-hydrogen) atoms. The minimum absolute atomic E-state index is 0.0293. The Morgan fingerprint density at radius 2 is 1.83 bits per heavy atom. The summed E-state index contributed by atoms with van der Waals surface area (Å²) < 4.78 is 72.2. The molecule has 2 amide bonds. The summed E-state index contributed by atoms with van der Waals surface area (Å²) in [7, 11) is 0.601. The van der Waals surface area contributed by atoms with E-state index in [1.165, 1.54) is 36.1 Å². The molecular weight excluding hydrogens is 503 g/mol. The van der Waals surface area contributed by atoms with Crippen molar-refractivity contribution in [2.45, 2.75) is 37.2 Å². The molecule has 0 aliphatic carbocycles. The molecule has 0 fully saturated rings. The van der Waals surface area contributed by atoms with E-state index < -0.39 is 39.9 Å². The first-order valence-corrected chi connectivity index (χ1v) is 12.5. The monoisotopic (exact) mass is 535 g/mol. The quantitative estimate of drug-likeness (QED) is 0.457. The highest BCUT2D eigenvalue weighted by atomic mass is 32.2. The number of amides is 2. The summed E-state index contributed by atoms with van der Waals surface area (Å²) in [5.74, 6) is -0.385. The van der Waals surface area contributed by atoms with Crippen molar-refractivity contribution in [3.8, 4) is 0 Å². The van der Waals surface area contributed by atoms with Crippen LogP contribution in [0, 0.1) is 5.92 Å². The molecule has 2 N–H and O–H groups in total. The first-order chi connectivity index (χ1) is 16.7. The average Bonchev–Trinajstić information content (AvgIpc) is 3.26. The van der Waals surface area contributed by atoms with Gasteiger partial charge < -0.3 is 24.6 Å². The number of imidazole rings is 1. The van der Waals surface area contributed by atoms with Gasteiger partial charge in [0.15, 0.2) is 5.03 Å². The number of hydrogen-bond acceptors (Lipinski definition) is 6. The van der Waals surface area contributed by atoms with Crippen molar-refractivity contribution >= 4 is 21.7 Å². The fourth-order valence-corrected chi connectivity index (χ4v) is 4.59. The Morgan fingerprint density at radius 1 is 1.22 bits per heavy atom. The van der Waals surface area contributed by atoms with Crippen molar-refractivity contribution in [3.63, 3.8) is 0 Å². The number of aromatic nitrogens is 2. The third-order valence-electron chi connectivity index (χ3n) is 5.74. The van der Waals surface area contributed by atoms with Gasteiger partial charge in [-0.2, -0.15) is 17.5 Å². The van der Waals surface area contributed by atoms with Crippen molar-refractivity contribution in [2.75, 3.05) is 39.2 Å². The number of aliphatic hydroxyl groups excluding tert-OH is 1. The molecule has 0 unspecified atom stereocenters. The van der Waals surface area contributed by atoms with Crippen LogP contribution in [0.4, 0.5) is 23.7 Å². The van der Waals surface area contributed by atoms with Crippen LogP contribution in [0.2, 0.25) is 0 Å². The number of nitrogens with one attached hydrogen (secondary N) is 1. The summed E-state index contributed by atoms with van der Waals surface area (Å²) in [5, 5.41) is 12.1. The van der Waals surface area contributed by atoms with E-state index in [1.54, 1.807) is 20.9 Å². The summed E-state index contributed by atoms with van der Waals surface area (Å²) >= 11 is 0. The summed E-state index contributed by atoms with van der Waals surface area (Å²) in [6, 6.07) is 2.73. The number of methoxy groups -OCH3 is 1. The molecule has 2 aromatic rings. The molecule has 3 atom stereocenters. The zero-order valence-corrected chi connectivity index (χ0v) is 21.5. The number of aryl methyl sites for hydroxylation is 1. The van der Waals surface area contributed by atoms with Crippen molar-refractivity contribution in [1.82, 2.24) is 18.8 Å². The summed E-state index contributed by atoms with van der Waals surface area (Å²) in [6.45, 7) is 3.05. The number of ether oxygens (including phenoxy) is 1. The van der Waals surface area contributed by atoms with Crippen molar-refractivity contribution in [1.29, 1.82) is 0 Å². The summed E-state index contributed by atoms with van der Waals surface area (Å²) in [6.07, 6.45) is -2.36. The van der Waals surface area contributed by atoms with E-state index in [2.05, 4.69) is 10.3 Å². The lowest BCUT2D eigenvalue weighted by Crippen LogP contribution is -2.48. The maximum absolute atomic E-state index is 12.9. The molecule has 0 saturated carbocycles. The molecule has 0 spiro atoms. The van der Waals surface area contributed by atoms with Gasteiger partial charge in [0.2, 0.25) is 0 Å². The second kappa shape index (κ2) is 12.0. The lowest BCUT2D eigenvalue weighted by Gasteiger charge is -2.34. The number of carbonyl (C=O) groups excluding carboxylic acids is 1. The maximum atomic E-state index is 12.9. The molecule has 10 nitrogen and oxygen atoms in total. The molecule has 202 valence electrons. The predicted molar refractivity (Wildman–Crippen MR) is 127 cm³/mol. The van der Waals surface area contributed by atoms with Crippen LogP contribution in [0.3, 0.4) is 0 Å². The van der Waals surface area contributed by atoms with Gasteiger partial charge in [-0.1, -0.05) is 6.92 Å². The zero-order chi connectivity index (χ0) is 27.3. The molecule has 0 bridgehead atoms. The average molecular weight is 536 g/mol. The van der Waals surface area contributed by atoms with E-state index in [9.17, 15) is 31.5 Å². The number of rotatable bonds is 11. The smallest absolute Gasteiger partial charge is 0.394 e. The molecule has 1 aromatic carbocycles. The van der Waals surface area contributed by atoms with Gasteiger partial charge in [0.25, 0.3) is 10.0 Å². The van der Waals surface area contributed by atoms with Gasteiger partial charge in [0, 0.05) is 52.1 Å². The molecule has 2 rings (SSSR count). The molecule has 0 aliphatic rings. The van der Waals surface area contributed by atoms with Gasteiger partial charge in [0.05, 0.1) is 30.6 Å². The Bertz CT molecular complexity index is 1110. The van der Waals surface area contributed by atoms with Crippen molar-refractivity contribution in [3.05, 3.63) is 42.4 Å². The highest BCUT2D eigenvalue weighted by Gasteiger charge is 2.32. The second-order valence-electron chi connectivity index (χ2n) is 8.60. The van der Waals surface area contributed by atoms with Crippen LogP contribution in [0.5, 0.6) is 0 Å². The Morgan fingerprint density at radius 3 is 2.31 bits per heavy atom. The number of alkyl halides is 3. The fourth-order valence-electron chi connectivity index (χ4n) is 3.45. The third-order valence-corrected chi connectivity index (χ3v) is 7.44. The number of halogens is 3. The number of nitrogens with zero attached hydrogens (tertiary/aromatic N) is 4. The zero-order valence-electron chi connectivity index (χ0n) is 20.7. The Hall–Kier alpha value is -2.68. The first kappa shape index (κ1) is 29.5. The number of hydrogen-bond donors (Lipinski definition) is 2. The first-order valence-electron chi connectivity index (χ1n) is 11.0. The minimum atomic E-state index is -4.50. The van der Waals surface area contributed by atoms with Crippen molar-refractivity contribution < 1.29 is 36.2 Å². The largest absolute Gasteiger partial charge is 0.416 e. The van der Waals surface area contributed by atoms with Crippen molar-refractivity contribution in [2.24, 2.45) is 13.0 Å². The standard InChI is InChI=1S/C22H32F3N5O5S/c1-15(19(35-5)11-29(4)36(33,34)20-12-28(3)14-26-20)10-30(16(2)13-31)21(32)27-18-8-6-17(7-9-18)22(23,24)25/h6-9,12,14-16,19,31H,10-11,13H2,1-5H3,(H,27,32)/t15-,16+,19+/m0/s1. The molecule has 0 radical (unpaired) electrons. The predicted octanol–water partition coefficient (Wildman–Crippen LogP) is 2.63. The molecule has 14 heteroatoms. The highest BCUT2D eigenvalue weighted by molar-refractivity contribution is 7.89. The van der Waals surface area contributed by atoms with Gasteiger partial charge in [0.1, 0.15) is 0 Å². The third kappa shape index (κ3) is 7.41. The van der Waals surface area contributed by atoms with Crippen LogP contribution >= 0.6 is 0 Å². The fraction of sp³-hybridized carbons (Fsp3) is 0.545. The number of urea groups is 1. The van der Waals surface area contributed by atoms with Gasteiger partial charge in [-0.15, -0.1) is 0 Å². The van der Waals surface area contributed by atoms with E-state index in [0.717, 1.165) is 28.6 Å². The van der Waals surface area contributed by atoms with Crippen LogP contribution in [-0.2, 0) is 28.0 Å². The molecule has 0 aliphatic heterocycles. The minimum Gasteiger partial charge on any atom is -0.394 e. The van der Waals surface area contributed by atoms with Gasteiger partial charge in [-0.3, -0.25) is 0 Å².